The van der Waals surface area contributed by atoms with E-state index in [1.165, 1.54) is 18.1 Å². The zero-order valence-electron chi connectivity index (χ0n) is 17.7. The molecule has 6 nitrogen and oxygen atoms in total. The summed E-state index contributed by atoms with van der Waals surface area (Å²) in [6.45, 7) is 8.78. The summed E-state index contributed by atoms with van der Waals surface area (Å²) < 4.78 is 5.59. The minimum absolute atomic E-state index is 0.00818. The monoisotopic (exact) mass is 407 g/mol. The summed E-state index contributed by atoms with van der Waals surface area (Å²) >= 11 is 0. The molecule has 2 aliphatic heterocycles. The Kier molecular flexibility index (Phi) is 6.16. The first-order valence-electron chi connectivity index (χ1n) is 10.6. The molecule has 0 radical (unpaired) electrons. The van der Waals surface area contributed by atoms with Gasteiger partial charge >= 0.3 is 0 Å². The average molecular weight is 408 g/mol. The van der Waals surface area contributed by atoms with Gasteiger partial charge in [0.2, 0.25) is 5.91 Å². The number of amides is 1. The van der Waals surface area contributed by atoms with E-state index in [9.17, 15) is 9.59 Å². The van der Waals surface area contributed by atoms with Crippen molar-refractivity contribution in [2.24, 2.45) is 0 Å². The van der Waals surface area contributed by atoms with E-state index in [1.54, 1.807) is 18.2 Å². The molecule has 2 heterocycles. The molecule has 158 valence electrons. The number of nitrogens with zero attached hydrogens (tertiary/aromatic N) is 2. The number of Topliss-reactive ketones (excluding diaryl/α,β-unsaturated/α-hetero) is 1. The Labute approximate surface area is 177 Å². The normalized spacial score (nSPS) is 17.8. The summed E-state index contributed by atoms with van der Waals surface area (Å²) in [5.41, 5.74) is 3.90. The summed E-state index contributed by atoms with van der Waals surface area (Å²) in [6.07, 6.45) is 0.999. The van der Waals surface area contributed by atoms with Crippen molar-refractivity contribution in [1.29, 1.82) is 0 Å². The van der Waals surface area contributed by atoms with E-state index in [0.29, 0.717) is 11.3 Å². The standard InChI is InChI=1S/C24H29N3O3/c1-17(24(29)25-22-5-3-4-20(15-22)18(2)28)27-11-9-26(10-12-27)16-19-6-7-23-21(14-19)8-13-30-23/h3-7,14-15,17H,8-13,16H2,1-2H3,(H,25,29)/t17-/m1/s1. The van der Waals surface area contributed by atoms with Crippen LogP contribution >= 0.6 is 0 Å². The molecule has 0 spiro atoms. The molecule has 30 heavy (non-hydrogen) atoms. The molecule has 2 aliphatic rings. The van der Waals surface area contributed by atoms with Crippen molar-refractivity contribution in [3.63, 3.8) is 0 Å². The number of hydrogen-bond donors (Lipinski definition) is 1. The second-order valence-corrected chi connectivity index (χ2v) is 8.15. The van der Waals surface area contributed by atoms with Crippen molar-refractivity contribution in [3.05, 3.63) is 59.2 Å². The molecule has 0 bridgehead atoms. The van der Waals surface area contributed by atoms with Gasteiger partial charge in [-0.3, -0.25) is 19.4 Å². The fraction of sp³-hybridized carbons (Fsp3) is 0.417. The Morgan fingerprint density at radius 2 is 1.90 bits per heavy atom. The lowest BCUT2D eigenvalue weighted by Crippen LogP contribution is -2.52. The highest BCUT2D eigenvalue weighted by Crippen LogP contribution is 2.26. The molecule has 0 saturated carbocycles. The quantitative estimate of drug-likeness (QED) is 0.746. The number of carbonyl (C=O) groups is 2. The van der Waals surface area contributed by atoms with Crippen molar-refractivity contribution in [1.82, 2.24) is 9.80 Å². The summed E-state index contributed by atoms with van der Waals surface area (Å²) in [5, 5.41) is 2.95. The zero-order valence-corrected chi connectivity index (χ0v) is 17.7. The van der Waals surface area contributed by atoms with Crippen LogP contribution in [0.25, 0.3) is 0 Å². The summed E-state index contributed by atoms with van der Waals surface area (Å²) in [6, 6.07) is 13.4. The van der Waals surface area contributed by atoms with E-state index in [-0.39, 0.29) is 17.7 Å². The van der Waals surface area contributed by atoms with Crippen LogP contribution in [-0.2, 0) is 17.8 Å². The molecular formula is C24H29N3O3. The minimum atomic E-state index is -0.217. The predicted molar refractivity (Wildman–Crippen MR) is 117 cm³/mol. The summed E-state index contributed by atoms with van der Waals surface area (Å²) in [7, 11) is 0. The molecule has 1 saturated heterocycles. The zero-order chi connectivity index (χ0) is 21.1. The third-order valence-electron chi connectivity index (χ3n) is 6.03. The Morgan fingerprint density at radius 1 is 1.10 bits per heavy atom. The molecule has 1 atom stereocenters. The van der Waals surface area contributed by atoms with Crippen LogP contribution in [0.15, 0.2) is 42.5 Å². The summed E-state index contributed by atoms with van der Waals surface area (Å²) in [5.74, 6) is 0.978. The van der Waals surface area contributed by atoms with Gasteiger partial charge in [-0.05, 0) is 43.2 Å². The molecule has 2 aromatic carbocycles. The van der Waals surface area contributed by atoms with Gasteiger partial charge in [0.15, 0.2) is 5.78 Å². The van der Waals surface area contributed by atoms with Gasteiger partial charge in [0.25, 0.3) is 0 Å². The van der Waals surface area contributed by atoms with Gasteiger partial charge in [0, 0.05) is 50.4 Å². The molecular weight excluding hydrogens is 378 g/mol. The van der Waals surface area contributed by atoms with E-state index in [0.717, 1.165) is 51.5 Å². The molecule has 1 amide bonds. The van der Waals surface area contributed by atoms with Crippen molar-refractivity contribution in [2.45, 2.75) is 32.9 Å². The SMILES string of the molecule is CC(=O)c1cccc(NC(=O)[C@@H](C)N2CCN(Cc3ccc4c(c3)CCO4)CC2)c1. The average Bonchev–Trinajstić information content (AvgIpc) is 3.22. The molecule has 0 unspecified atom stereocenters. The van der Waals surface area contributed by atoms with Crippen LogP contribution in [0.5, 0.6) is 5.75 Å². The molecule has 1 fully saturated rings. The summed E-state index contributed by atoms with van der Waals surface area (Å²) in [4.78, 5) is 28.9. The Morgan fingerprint density at radius 3 is 2.67 bits per heavy atom. The van der Waals surface area contributed by atoms with Crippen LogP contribution in [0.2, 0.25) is 0 Å². The van der Waals surface area contributed by atoms with Gasteiger partial charge < -0.3 is 10.1 Å². The first-order chi connectivity index (χ1) is 14.5. The van der Waals surface area contributed by atoms with Gasteiger partial charge in [-0.1, -0.05) is 24.3 Å². The lowest BCUT2D eigenvalue weighted by molar-refractivity contribution is -0.121. The smallest absolute Gasteiger partial charge is 0.241 e. The third-order valence-corrected chi connectivity index (χ3v) is 6.03. The Hall–Kier alpha value is -2.70. The van der Waals surface area contributed by atoms with Gasteiger partial charge in [0.05, 0.1) is 12.6 Å². The van der Waals surface area contributed by atoms with Gasteiger partial charge in [0.1, 0.15) is 5.75 Å². The lowest BCUT2D eigenvalue weighted by Gasteiger charge is -2.37. The maximum Gasteiger partial charge on any atom is 0.241 e. The number of hydrogen-bond acceptors (Lipinski definition) is 5. The van der Waals surface area contributed by atoms with Gasteiger partial charge in [-0.15, -0.1) is 0 Å². The van der Waals surface area contributed by atoms with Crippen LogP contribution in [0.1, 0.15) is 35.3 Å². The van der Waals surface area contributed by atoms with Crippen LogP contribution in [0.3, 0.4) is 0 Å². The topological polar surface area (TPSA) is 61.9 Å². The number of nitrogens with one attached hydrogen (secondary N) is 1. The minimum Gasteiger partial charge on any atom is -0.493 e. The molecule has 2 aromatic rings. The highest BCUT2D eigenvalue weighted by atomic mass is 16.5. The van der Waals surface area contributed by atoms with Crippen LogP contribution in [0.4, 0.5) is 5.69 Å². The van der Waals surface area contributed by atoms with Crippen molar-refractivity contribution in [2.75, 3.05) is 38.1 Å². The van der Waals surface area contributed by atoms with E-state index < -0.39 is 0 Å². The van der Waals surface area contributed by atoms with Crippen molar-refractivity contribution < 1.29 is 14.3 Å². The molecule has 0 aromatic heterocycles. The number of anilines is 1. The van der Waals surface area contributed by atoms with Crippen molar-refractivity contribution >= 4 is 17.4 Å². The number of carbonyl (C=O) groups excluding carboxylic acids is 2. The molecule has 4 rings (SSSR count). The maximum atomic E-state index is 12.7. The first kappa shape index (κ1) is 20.6. The number of benzene rings is 2. The number of rotatable bonds is 6. The van der Waals surface area contributed by atoms with Crippen molar-refractivity contribution in [3.8, 4) is 5.75 Å². The second-order valence-electron chi connectivity index (χ2n) is 8.15. The fourth-order valence-corrected chi connectivity index (χ4v) is 4.13. The van der Waals surface area contributed by atoms with E-state index >= 15 is 0 Å². The third kappa shape index (κ3) is 4.71. The highest BCUT2D eigenvalue weighted by molar-refractivity contribution is 5.98. The number of fused-ring (bicyclic) bond motifs is 1. The second kappa shape index (κ2) is 8.98. The largest absolute Gasteiger partial charge is 0.493 e. The van der Waals surface area contributed by atoms with E-state index in [4.69, 9.17) is 4.74 Å². The molecule has 1 N–H and O–H groups in total. The lowest BCUT2D eigenvalue weighted by atomic mass is 10.1. The molecule has 0 aliphatic carbocycles. The Balaban J connectivity index is 1.28. The van der Waals surface area contributed by atoms with Crippen LogP contribution in [0, 0.1) is 0 Å². The number of ether oxygens (including phenoxy) is 1. The van der Waals surface area contributed by atoms with E-state index in [1.807, 2.05) is 13.0 Å². The van der Waals surface area contributed by atoms with Gasteiger partial charge in [-0.25, -0.2) is 0 Å². The molecule has 6 heteroatoms. The predicted octanol–water partition coefficient (Wildman–Crippen LogP) is 2.97. The number of ketones is 1. The fourth-order valence-electron chi connectivity index (χ4n) is 4.13. The maximum absolute atomic E-state index is 12.7. The highest BCUT2D eigenvalue weighted by Gasteiger charge is 2.26. The van der Waals surface area contributed by atoms with Crippen LogP contribution in [-0.4, -0.2) is 60.3 Å². The Bertz CT molecular complexity index is 935. The number of piperazine rings is 1. The van der Waals surface area contributed by atoms with E-state index in [2.05, 4.69) is 33.3 Å². The van der Waals surface area contributed by atoms with Crippen LogP contribution < -0.4 is 10.1 Å². The van der Waals surface area contributed by atoms with Gasteiger partial charge in [-0.2, -0.15) is 0 Å². The first-order valence-corrected chi connectivity index (χ1v) is 10.6.